The van der Waals surface area contributed by atoms with Crippen LogP contribution in [0, 0.1) is 5.82 Å². The Kier molecular flexibility index (Phi) is 7.37. The van der Waals surface area contributed by atoms with E-state index in [1.165, 1.54) is 30.3 Å². The van der Waals surface area contributed by atoms with Crippen molar-refractivity contribution in [1.29, 1.82) is 0 Å². The van der Waals surface area contributed by atoms with Gasteiger partial charge in [0, 0.05) is 30.5 Å². The van der Waals surface area contributed by atoms with Gasteiger partial charge in [-0.05, 0) is 54.8 Å². The first-order chi connectivity index (χ1) is 14.9. The number of benzene rings is 2. The average molecular weight is 424 g/mol. The summed E-state index contributed by atoms with van der Waals surface area (Å²) in [6, 6.07) is 12.3. The summed E-state index contributed by atoms with van der Waals surface area (Å²) in [5.41, 5.74) is 1.84. The fourth-order valence-electron chi connectivity index (χ4n) is 3.41. The largest absolute Gasteiger partial charge is 0.342 e. The van der Waals surface area contributed by atoms with Crippen LogP contribution in [0.2, 0.25) is 0 Å². The molecule has 1 fully saturated rings. The summed E-state index contributed by atoms with van der Waals surface area (Å²) in [5.74, 6) is -0.728. The molecule has 162 valence electrons. The van der Waals surface area contributed by atoms with Gasteiger partial charge in [0.1, 0.15) is 5.82 Å². The number of likely N-dealkylation sites (tertiary alicyclic amines) is 1. The number of urea groups is 1. The maximum absolute atomic E-state index is 12.9. The molecule has 2 aromatic carbocycles. The van der Waals surface area contributed by atoms with E-state index in [0.717, 1.165) is 5.56 Å². The van der Waals surface area contributed by atoms with Crippen LogP contribution >= 0.6 is 0 Å². The third kappa shape index (κ3) is 6.40. The number of carbonyl (C=O) groups is 3. The van der Waals surface area contributed by atoms with Gasteiger partial charge in [0.05, 0.1) is 6.42 Å². The molecule has 3 rings (SSSR count). The zero-order valence-electron chi connectivity index (χ0n) is 17.1. The number of anilines is 2. The molecule has 0 unspecified atom stereocenters. The van der Waals surface area contributed by atoms with Gasteiger partial charge in [0.25, 0.3) is 0 Å². The second kappa shape index (κ2) is 10.4. The Balaban J connectivity index is 1.48. The van der Waals surface area contributed by atoms with Crippen molar-refractivity contribution in [3.8, 4) is 0 Å². The summed E-state index contributed by atoms with van der Waals surface area (Å²) >= 11 is 0. The second-order valence-corrected chi connectivity index (χ2v) is 7.29. The molecule has 0 radical (unpaired) electrons. The van der Waals surface area contributed by atoms with Crippen molar-refractivity contribution >= 4 is 29.2 Å². The quantitative estimate of drug-likeness (QED) is 0.622. The van der Waals surface area contributed by atoms with Crippen molar-refractivity contribution in [1.82, 2.24) is 10.2 Å². The molecule has 0 atom stereocenters. The molecule has 0 spiro atoms. The van der Waals surface area contributed by atoms with Crippen LogP contribution in [0.1, 0.15) is 18.4 Å². The Labute approximate surface area is 180 Å². The summed E-state index contributed by atoms with van der Waals surface area (Å²) in [6.45, 7) is 4.50. The molecule has 1 saturated heterocycles. The van der Waals surface area contributed by atoms with Gasteiger partial charge in [-0.2, -0.15) is 0 Å². The van der Waals surface area contributed by atoms with Crippen molar-refractivity contribution in [2.45, 2.75) is 25.3 Å². The van der Waals surface area contributed by atoms with E-state index < -0.39 is 0 Å². The van der Waals surface area contributed by atoms with Crippen molar-refractivity contribution in [2.24, 2.45) is 0 Å². The molecular formula is C23H25FN4O3. The molecule has 7 nitrogen and oxygen atoms in total. The smallest absolute Gasteiger partial charge is 0.319 e. The number of nitrogens with one attached hydrogen (secondary N) is 3. The first kappa shape index (κ1) is 22.0. The molecule has 1 aliphatic heterocycles. The maximum Gasteiger partial charge on any atom is 0.319 e. The molecular weight excluding hydrogens is 399 g/mol. The molecule has 8 heteroatoms. The summed E-state index contributed by atoms with van der Waals surface area (Å²) in [5, 5.41) is 8.28. The van der Waals surface area contributed by atoms with E-state index in [4.69, 9.17) is 0 Å². The number of carbonyl (C=O) groups excluding carboxylic acids is 3. The number of rotatable bonds is 6. The van der Waals surface area contributed by atoms with E-state index in [9.17, 15) is 18.8 Å². The van der Waals surface area contributed by atoms with Gasteiger partial charge in [-0.15, -0.1) is 0 Å². The summed E-state index contributed by atoms with van der Waals surface area (Å²) in [7, 11) is 0. The van der Waals surface area contributed by atoms with E-state index in [0.29, 0.717) is 37.3 Å². The standard InChI is InChI=1S/C23H25FN4O3/c1-2-21(29)27-20-6-4-3-5-16(20)15-22(30)28-13-11-19(12-14-28)26-23(31)25-18-9-7-17(24)8-10-18/h2-10,19H,1,11-15H2,(H,27,29)(H2,25,26,31). The number of amides is 4. The minimum absolute atomic E-state index is 0.0329. The Morgan fingerprint density at radius 3 is 2.39 bits per heavy atom. The van der Waals surface area contributed by atoms with Gasteiger partial charge in [0.15, 0.2) is 0 Å². The molecule has 1 aliphatic rings. The van der Waals surface area contributed by atoms with Crippen LogP contribution in [0.4, 0.5) is 20.6 Å². The van der Waals surface area contributed by atoms with Crippen LogP contribution in [0.3, 0.4) is 0 Å². The lowest BCUT2D eigenvalue weighted by molar-refractivity contribution is -0.131. The number of nitrogens with zero attached hydrogens (tertiary/aromatic N) is 1. The van der Waals surface area contributed by atoms with Crippen LogP contribution in [-0.4, -0.2) is 41.9 Å². The fourth-order valence-corrected chi connectivity index (χ4v) is 3.41. The first-order valence-corrected chi connectivity index (χ1v) is 10.1. The van der Waals surface area contributed by atoms with Gasteiger partial charge in [0.2, 0.25) is 11.8 Å². The van der Waals surface area contributed by atoms with Gasteiger partial charge in [-0.1, -0.05) is 24.8 Å². The third-order valence-electron chi connectivity index (χ3n) is 5.09. The van der Waals surface area contributed by atoms with Crippen LogP contribution in [0.5, 0.6) is 0 Å². The molecule has 3 N–H and O–H groups in total. The van der Waals surface area contributed by atoms with Crippen molar-refractivity contribution < 1.29 is 18.8 Å². The molecule has 0 bridgehead atoms. The molecule has 0 aromatic heterocycles. The summed E-state index contributed by atoms with van der Waals surface area (Å²) < 4.78 is 12.9. The molecule has 2 aromatic rings. The monoisotopic (exact) mass is 424 g/mol. The Bertz CT molecular complexity index is 954. The van der Waals surface area contributed by atoms with Gasteiger partial charge in [-0.25, -0.2) is 9.18 Å². The Hall–Kier alpha value is -3.68. The summed E-state index contributed by atoms with van der Waals surface area (Å²) in [6.07, 6.45) is 2.63. The fraction of sp³-hybridized carbons (Fsp3) is 0.261. The van der Waals surface area contributed by atoms with E-state index >= 15 is 0 Å². The van der Waals surface area contributed by atoms with E-state index in [2.05, 4.69) is 22.5 Å². The third-order valence-corrected chi connectivity index (χ3v) is 5.09. The Morgan fingerprint density at radius 1 is 1.03 bits per heavy atom. The molecule has 4 amide bonds. The van der Waals surface area contributed by atoms with Gasteiger partial charge >= 0.3 is 6.03 Å². The van der Waals surface area contributed by atoms with Crippen molar-refractivity contribution in [2.75, 3.05) is 23.7 Å². The van der Waals surface area contributed by atoms with Crippen LogP contribution in [-0.2, 0) is 16.0 Å². The van der Waals surface area contributed by atoms with E-state index in [1.807, 2.05) is 12.1 Å². The lowest BCUT2D eigenvalue weighted by Gasteiger charge is -2.32. The number of hydrogen-bond donors (Lipinski definition) is 3. The van der Waals surface area contributed by atoms with E-state index in [1.54, 1.807) is 17.0 Å². The number of piperidine rings is 1. The van der Waals surface area contributed by atoms with E-state index in [-0.39, 0.29) is 36.1 Å². The highest BCUT2D eigenvalue weighted by molar-refractivity contribution is 5.99. The SMILES string of the molecule is C=CC(=O)Nc1ccccc1CC(=O)N1CCC(NC(=O)Nc2ccc(F)cc2)CC1. The van der Waals surface area contributed by atoms with Crippen molar-refractivity contribution in [3.63, 3.8) is 0 Å². The predicted octanol–water partition coefficient (Wildman–Crippen LogP) is 3.31. The molecule has 31 heavy (non-hydrogen) atoms. The topological polar surface area (TPSA) is 90.5 Å². The number of halogens is 1. The second-order valence-electron chi connectivity index (χ2n) is 7.29. The maximum atomic E-state index is 12.9. The summed E-state index contributed by atoms with van der Waals surface area (Å²) in [4.78, 5) is 38.2. The minimum atomic E-state index is -0.367. The zero-order chi connectivity index (χ0) is 22.2. The normalized spacial score (nSPS) is 13.9. The average Bonchev–Trinajstić information content (AvgIpc) is 2.77. The number of para-hydroxylation sites is 1. The highest BCUT2D eigenvalue weighted by atomic mass is 19.1. The number of hydrogen-bond acceptors (Lipinski definition) is 3. The van der Waals surface area contributed by atoms with Crippen LogP contribution in [0.15, 0.2) is 61.2 Å². The van der Waals surface area contributed by atoms with Crippen LogP contribution < -0.4 is 16.0 Å². The lowest BCUT2D eigenvalue weighted by Crippen LogP contribution is -2.47. The van der Waals surface area contributed by atoms with Gasteiger partial charge in [-0.3, -0.25) is 9.59 Å². The minimum Gasteiger partial charge on any atom is -0.342 e. The van der Waals surface area contributed by atoms with Gasteiger partial charge < -0.3 is 20.9 Å². The highest BCUT2D eigenvalue weighted by Crippen LogP contribution is 2.19. The molecule has 0 aliphatic carbocycles. The Morgan fingerprint density at radius 2 is 1.71 bits per heavy atom. The molecule has 1 heterocycles. The predicted molar refractivity (Wildman–Crippen MR) is 117 cm³/mol. The van der Waals surface area contributed by atoms with Crippen molar-refractivity contribution in [3.05, 3.63) is 72.6 Å². The van der Waals surface area contributed by atoms with Crippen LogP contribution in [0.25, 0.3) is 0 Å². The lowest BCUT2D eigenvalue weighted by atomic mass is 10.0. The highest BCUT2D eigenvalue weighted by Gasteiger charge is 2.24. The zero-order valence-corrected chi connectivity index (χ0v) is 17.1. The molecule has 0 saturated carbocycles. The first-order valence-electron chi connectivity index (χ1n) is 10.1.